The fraction of sp³-hybridized carbons (Fsp3) is 0. The maximum Gasteiger partial charge on any atom is 0.151 e. The van der Waals surface area contributed by atoms with E-state index in [1.54, 1.807) is 18.2 Å². The molecule has 0 radical (unpaired) electrons. The van der Waals surface area contributed by atoms with E-state index in [-0.39, 0.29) is 0 Å². The van der Waals surface area contributed by atoms with E-state index in [0.29, 0.717) is 16.1 Å². The first-order chi connectivity index (χ1) is 8.29. The van der Waals surface area contributed by atoms with Crippen molar-refractivity contribution in [1.82, 2.24) is 0 Å². The normalized spacial score (nSPS) is 9.24. The lowest BCUT2D eigenvalue weighted by atomic mass is 10.1. The highest BCUT2D eigenvalue weighted by atomic mass is 35.5. The van der Waals surface area contributed by atoms with E-state index in [1.165, 1.54) is 0 Å². The van der Waals surface area contributed by atoms with Gasteiger partial charge in [0.05, 0.1) is 0 Å². The topological polar surface area (TPSA) is 17.1 Å². The Morgan fingerprint density at radius 1 is 1.00 bits per heavy atom. The Balaban J connectivity index is 2.37. The number of rotatable bonds is 1. The Bertz CT molecular complexity index is 591. The van der Waals surface area contributed by atoms with Crippen LogP contribution in [0.3, 0.4) is 0 Å². The maximum atomic E-state index is 10.9. The van der Waals surface area contributed by atoms with Crippen molar-refractivity contribution in [3.63, 3.8) is 0 Å². The summed E-state index contributed by atoms with van der Waals surface area (Å²) in [5.41, 5.74) is 2.12. The molecule has 0 N–H and O–H groups in total. The summed E-state index contributed by atoms with van der Waals surface area (Å²) in [6.07, 6.45) is 0.765. The van der Waals surface area contributed by atoms with Gasteiger partial charge in [-0.3, -0.25) is 4.79 Å². The first-order valence-corrected chi connectivity index (χ1v) is 5.49. The summed E-state index contributed by atoms with van der Waals surface area (Å²) in [5, 5.41) is 0.539. The molecule has 0 aliphatic rings. The molecule has 0 unspecified atom stereocenters. The van der Waals surface area contributed by atoms with Crippen LogP contribution in [0.15, 0.2) is 48.5 Å². The van der Waals surface area contributed by atoms with Gasteiger partial charge in [0.1, 0.15) is 0 Å². The zero-order valence-corrected chi connectivity index (χ0v) is 9.74. The highest BCUT2D eigenvalue weighted by Gasteiger charge is 1.99. The van der Waals surface area contributed by atoms with Crippen LogP contribution in [-0.4, -0.2) is 6.29 Å². The van der Waals surface area contributed by atoms with Gasteiger partial charge in [0, 0.05) is 21.7 Å². The molecule has 2 rings (SSSR count). The third-order valence-corrected chi connectivity index (χ3v) is 2.49. The van der Waals surface area contributed by atoms with Gasteiger partial charge in [-0.1, -0.05) is 41.6 Å². The quantitative estimate of drug-likeness (QED) is 0.550. The van der Waals surface area contributed by atoms with Gasteiger partial charge >= 0.3 is 0 Å². The van der Waals surface area contributed by atoms with Crippen LogP contribution < -0.4 is 0 Å². The minimum Gasteiger partial charge on any atom is -0.298 e. The van der Waals surface area contributed by atoms with Crippen LogP contribution in [0.2, 0.25) is 5.02 Å². The number of carbonyl (C=O) groups excluding carboxylic acids is 1. The summed E-state index contributed by atoms with van der Waals surface area (Å²) in [6.45, 7) is 0. The van der Waals surface area contributed by atoms with Crippen molar-refractivity contribution < 1.29 is 4.79 Å². The second-order valence-electron chi connectivity index (χ2n) is 3.47. The molecule has 2 heteroatoms. The van der Waals surface area contributed by atoms with Crippen LogP contribution in [0.1, 0.15) is 21.5 Å². The number of halogens is 1. The third-order valence-electron chi connectivity index (χ3n) is 2.26. The molecule has 0 aromatic heterocycles. The van der Waals surface area contributed by atoms with Crippen molar-refractivity contribution in [2.45, 2.75) is 0 Å². The monoisotopic (exact) mass is 240 g/mol. The van der Waals surface area contributed by atoms with Gasteiger partial charge in [0.2, 0.25) is 0 Å². The number of benzene rings is 2. The fourth-order valence-corrected chi connectivity index (χ4v) is 1.59. The van der Waals surface area contributed by atoms with Crippen LogP contribution in [0.4, 0.5) is 0 Å². The summed E-state index contributed by atoms with van der Waals surface area (Å²) in [7, 11) is 0. The maximum absolute atomic E-state index is 10.9. The van der Waals surface area contributed by atoms with Crippen molar-refractivity contribution in [3.8, 4) is 11.8 Å². The zero-order valence-electron chi connectivity index (χ0n) is 8.98. The van der Waals surface area contributed by atoms with Gasteiger partial charge in [-0.05, 0) is 30.3 Å². The Morgan fingerprint density at radius 3 is 2.47 bits per heavy atom. The van der Waals surface area contributed by atoms with Gasteiger partial charge in [0.15, 0.2) is 6.29 Å². The predicted octanol–water partition coefficient (Wildman–Crippen LogP) is 3.55. The molecule has 0 bridgehead atoms. The van der Waals surface area contributed by atoms with Crippen LogP contribution in [0, 0.1) is 11.8 Å². The van der Waals surface area contributed by atoms with Crippen LogP contribution in [0.5, 0.6) is 0 Å². The second-order valence-corrected chi connectivity index (χ2v) is 3.90. The molecule has 0 saturated heterocycles. The first-order valence-electron chi connectivity index (χ1n) is 5.11. The summed E-state index contributed by atoms with van der Waals surface area (Å²) in [5.74, 6) is 5.97. The average Bonchev–Trinajstić information content (AvgIpc) is 2.38. The van der Waals surface area contributed by atoms with Gasteiger partial charge in [-0.15, -0.1) is 0 Å². The lowest BCUT2D eigenvalue weighted by molar-refractivity contribution is 0.112. The smallest absolute Gasteiger partial charge is 0.151 e. The van der Waals surface area contributed by atoms with Gasteiger partial charge in [0.25, 0.3) is 0 Å². The molecule has 0 atom stereocenters. The number of hydrogen-bond donors (Lipinski definition) is 0. The van der Waals surface area contributed by atoms with E-state index >= 15 is 0 Å². The summed E-state index contributed by atoms with van der Waals surface area (Å²) >= 11 is 5.81. The molecule has 1 nitrogen and oxygen atoms in total. The highest BCUT2D eigenvalue weighted by molar-refractivity contribution is 6.30. The molecule has 0 amide bonds. The molecular weight excluding hydrogens is 232 g/mol. The molecule has 0 spiro atoms. The van der Waals surface area contributed by atoms with E-state index in [9.17, 15) is 4.79 Å². The van der Waals surface area contributed by atoms with Gasteiger partial charge in [-0.25, -0.2) is 0 Å². The second kappa shape index (κ2) is 5.34. The Labute approximate surface area is 105 Å². The standard InChI is InChI=1S/C15H9ClO/c16-15-9-8-13(14(10-15)11-17)7-6-12-4-2-1-3-5-12/h1-5,8-11H. The molecule has 0 aliphatic carbocycles. The molecule has 0 saturated carbocycles. The molecular formula is C15H9ClO. The fourth-order valence-electron chi connectivity index (χ4n) is 1.41. The van der Waals surface area contributed by atoms with Crippen molar-refractivity contribution >= 4 is 17.9 Å². The summed E-state index contributed by atoms with van der Waals surface area (Å²) in [6, 6.07) is 14.7. The zero-order chi connectivity index (χ0) is 12.1. The molecule has 82 valence electrons. The SMILES string of the molecule is O=Cc1cc(Cl)ccc1C#Cc1ccccc1. The minimum absolute atomic E-state index is 0.515. The minimum atomic E-state index is 0.515. The third kappa shape index (κ3) is 2.96. The lowest BCUT2D eigenvalue weighted by Gasteiger charge is -1.96. The lowest BCUT2D eigenvalue weighted by Crippen LogP contribution is -1.86. The molecule has 17 heavy (non-hydrogen) atoms. The molecule has 0 heterocycles. The van der Waals surface area contributed by atoms with Gasteiger partial charge < -0.3 is 0 Å². The van der Waals surface area contributed by atoms with E-state index in [4.69, 9.17) is 11.6 Å². The highest BCUT2D eigenvalue weighted by Crippen LogP contribution is 2.13. The summed E-state index contributed by atoms with van der Waals surface area (Å²) in [4.78, 5) is 10.9. The number of hydrogen-bond acceptors (Lipinski definition) is 1. The summed E-state index contributed by atoms with van der Waals surface area (Å²) < 4.78 is 0. The molecule has 0 aliphatic heterocycles. The van der Waals surface area contributed by atoms with E-state index in [0.717, 1.165) is 11.8 Å². The van der Waals surface area contributed by atoms with Crippen molar-refractivity contribution in [2.24, 2.45) is 0 Å². The molecule has 2 aromatic rings. The first kappa shape index (κ1) is 11.4. The van der Waals surface area contributed by atoms with Crippen molar-refractivity contribution in [3.05, 3.63) is 70.2 Å². The Hall–Kier alpha value is -2.04. The Kier molecular flexibility index (Phi) is 3.59. The van der Waals surface area contributed by atoms with E-state index < -0.39 is 0 Å². The molecule has 0 fully saturated rings. The van der Waals surface area contributed by atoms with Crippen molar-refractivity contribution in [1.29, 1.82) is 0 Å². The van der Waals surface area contributed by atoms with Crippen LogP contribution in [-0.2, 0) is 0 Å². The largest absolute Gasteiger partial charge is 0.298 e. The van der Waals surface area contributed by atoms with Crippen LogP contribution in [0.25, 0.3) is 0 Å². The average molecular weight is 241 g/mol. The van der Waals surface area contributed by atoms with E-state index in [2.05, 4.69) is 11.8 Å². The van der Waals surface area contributed by atoms with Crippen LogP contribution >= 0.6 is 11.6 Å². The van der Waals surface area contributed by atoms with Gasteiger partial charge in [-0.2, -0.15) is 0 Å². The van der Waals surface area contributed by atoms with Crippen molar-refractivity contribution in [2.75, 3.05) is 0 Å². The Morgan fingerprint density at radius 2 is 1.76 bits per heavy atom. The predicted molar refractivity (Wildman–Crippen MR) is 69.3 cm³/mol. The number of aldehydes is 1. The van der Waals surface area contributed by atoms with E-state index in [1.807, 2.05) is 30.3 Å². The number of carbonyl (C=O) groups is 1. The molecule has 2 aromatic carbocycles.